The van der Waals surface area contributed by atoms with Gasteiger partial charge in [-0.1, -0.05) is 17.3 Å². The minimum atomic E-state index is -4.83. The molecule has 1 aliphatic heterocycles. The number of halogens is 4. The third-order valence-corrected chi connectivity index (χ3v) is 12.2. The summed E-state index contributed by atoms with van der Waals surface area (Å²) in [5.41, 5.74) is -0.696. The molecule has 3 saturated carbocycles. The molecule has 0 radical (unpaired) electrons. The summed E-state index contributed by atoms with van der Waals surface area (Å²) in [4.78, 5) is 82.5. The van der Waals surface area contributed by atoms with Gasteiger partial charge in [-0.2, -0.15) is 13.2 Å². The Kier molecular flexibility index (Phi) is 10.7. The number of pyridine rings is 1. The number of fused-ring (bicyclic) bond motifs is 2. The van der Waals surface area contributed by atoms with Crippen LogP contribution in [0.15, 0.2) is 60.9 Å². The number of alkyl halides is 3. The lowest BCUT2D eigenvalue weighted by Gasteiger charge is -2.27. The van der Waals surface area contributed by atoms with E-state index in [1.54, 1.807) is 36.1 Å². The Hall–Kier alpha value is -7.05. The number of aryl methyl sites for hydroxylation is 1. The third kappa shape index (κ3) is 7.94. The molecule has 9 rings (SSSR count). The number of carbonyl (C=O) groups excluding carboxylic acids is 6. The van der Waals surface area contributed by atoms with Crippen LogP contribution in [0, 0.1) is 5.82 Å². The predicted octanol–water partition coefficient (Wildman–Crippen LogP) is 6.18. The largest absolute Gasteiger partial charge is 0.417 e. The van der Waals surface area contributed by atoms with Crippen LogP contribution in [0.25, 0.3) is 22.0 Å². The van der Waals surface area contributed by atoms with Crippen molar-refractivity contribution in [2.24, 2.45) is 0 Å². The lowest BCUT2D eigenvalue weighted by Crippen LogP contribution is -2.47. The fourth-order valence-electron chi connectivity index (χ4n) is 8.49. The van der Waals surface area contributed by atoms with Gasteiger partial charge in [0.25, 0.3) is 23.6 Å². The van der Waals surface area contributed by atoms with E-state index in [9.17, 15) is 41.9 Å². The highest BCUT2D eigenvalue weighted by atomic mass is 19.4. The van der Waals surface area contributed by atoms with E-state index in [2.05, 4.69) is 36.6 Å². The molecule has 64 heavy (non-hydrogen) atoms. The molecule has 3 aromatic carbocycles. The summed E-state index contributed by atoms with van der Waals surface area (Å²) >= 11 is 0. The Labute approximate surface area is 362 Å². The first-order valence-corrected chi connectivity index (χ1v) is 21.0. The maximum Gasteiger partial charge on any atom is 0.417 e. The van der Waals surface area contributed by atoms with Crippen molar-refractivity contribution >= 4 is 57.5 Å². The maximum absolute atomic E-state index is 15.5. The molecular formula is C45H41F4N9O6. The average Bonchev–Trinajstić information content (AvgIpc) is 4.18. The van der Waals surface area contributed by atoms with Gasteiger partial charge >= 0.3 is 6.18 Å². The number of hydrogen-bond donors (Lipinski definition) is 4. The van der Waals surface area contributed by atoms with Gasteiger partial charge < -0.3 is 21.3 Å². The number of nitrogens with one attached hydrogen (secondary N) is 4. The molecule has 4 N–H and O–H groups in total. The molecule has 3 heterocycles. The highest BCUT2D eigenvalue weighted by Gasteiger charge is 2.50. The summed E-state index contributed by atoms with van der Waals surface area (Å²) in [5.74, 6) is -3.99. The van der Waals surface area contributed by atoms with Crippen LogP contribution in [-0.2, 0) is 27.8 Å². The molecular weight excluding hydrogens is 839 g/mol. The van der Waals surface area contributed by atoms with E-state index in [-0.39, 0.29) is 87.6 Å². The molecule has 4 aliphatic rings. The van der Waals surface area contributed by atoms with Gasteiger partial charge in [-0.05, 0) is 92.5 Å². The topological polar surface area (TPSA) is 197 Å². The molecule has 1 unspecified atom stereocenters. The number of carbonyl (C=O) groups is 6. The monoisotopic (exact) mass is 879 g/mol. The molecule has 3 aliphatic carbocycles. The minimum Gasteiger partial charge on any atom is -0.387 e. The quantitative estimate of drug-likeness (QED) is 0.0430. The van der Waals surface area contributed by atoms with Crippen LogP contribution in [0.3, 0.4) is 0 Å². The predicted molar refractivity (Wildman–Crippen MR) is 223 cm³/mol. The number of nitrogens with zero attached hydrogens (tertiary/aromatic N) is 5. The smallest absolute Gasteiger partial charge is 0.387 e. The van der Waals surface area contributed by atoms with Gasteiger partial charge in [-0.25, -0.2) is 4.39 Å². The first kappa shape index (κ1) is 42.3. The normalized spacial score (nSPS) is 18.0. The van der Waals surface area contributed by atoms with Crippen LogP contribution in [0.4, 0.5) is 28.9 Å². The van der Waals surface area contributed by atoms with E-state index in [0.29, 0.717) is 43.6 Å². The number of hydrogen-bond acceptors (Lipinski definition) is 11. The van der Waals surface area contributed by atoms with E-state index in [4.69, 9.17) is 0 Å². The Morgan fingerprint density at radius 1 is 0.922 bits per heavy atom. The van der Waals surface area contributed by atoms with Crippen molar-refractivity contribution in [3.05, 3.63) is 100 Å². The van der Waals surface area contributed by atoms with Crippen LogP contribution in [-0.4, -0.2) is 85.7 Å². The molecule has 2 aromatic heterocycles. The number of aromatic nitrogens is 4. The van der Waals surface area contributed by atoms with Gasteiger partial charge in [-0.3, -0.25) is 43.3 Å². The van der Waals surface area contributed by atoms with Crippen molar-refractivity contribution in [2.45, 2.75) is 88.1 Å². The SMILES string of the molecule is CNc1c(C(=O)NC2CC2)cnc2cc(C(F)(F)F)c(-c3ccc(C(=O)NCCCCn4cc(C5(Nc6cccc7c6C(=O)N(C6CCC(=O)CC6=O)C7=O)CC5)nn4)c(F)c3)cc12. The summed E-state index contributed by atoms with van der Waals surface area (Å²) in [5, 5.41) is 20.7. The van der Waals surface area contributed by atoms with Gasteiger partial charge in [0, 0.05) is 49.9 Å². The zero-order valence-corrected chi connectivity index (χ0v) is 34.4. The first-order chi connectivity index (χ1) is 30.7. The van der Waals surface area contributed by atoms with Crippen molar-refractivity contribution in [2.75, 3.05) is 24.2 Å². The molecule has 1 atom stereocenters. The third-order valence-electron chi connectivity index (χ3n) is 12.2. The number of anilines is 2. The number of unbranched alkanes of at least 4 members (excludes halogenated alkanes) is 1. The van der Waals surface area contributed by atoms with Gasteiger partial charge in [0.05, 0.1) is 63.2 Å². The highest BCUT2D eigenvalue weighted by molar-refractivity contribution is 6.25. The van der Waals surface area contributed by atoms with Gasteiger partial charge in [0.1, 0.15) is 17.3 Å². The van der Waals surface area contributed by atoms with Crippen molar-refractivity contribution in [3.8, 4) is 11.1 Å². The maximum atomic E-state index is 15.5. The summed E-state index contributed by atoms with van der Waals surface area (Å²) in [6.07, 6.45) is 2.13. The first-order valence-electron chi connectivity index (χ1n) is 21.0. The number of amides is 4. The van der Waals surface area contributed by atoms with Crippen LogP contribution < -0.4 is 21.3 Å². The van der Waals surface area contributed by atoms with E-state index < -0.39 is 58.5 Å². The standard InChI is InChI=1S/C45H41F4N9O6/c1-50-39-29-19-28(31(45(47,48)49)20-34(29)52-21-30(39)41(62)53-24-8-9-24)23-7-11-26(32(46)17-23)40(61)51-15-2-3-16-57-22-37(55-56-57)44(13-14-44)54-33-6-4-5-27-38(33)43(64)58(42(27)63)35-12-10-25(59)18-36(35)60/h4-7,11,17,19-22,24,35,54H,2-3,8-10,12-16,18H2,1H3,(H,50,52)(H,51,61)(H,53,62). The number of imide groups is 1. The van der Waals surface area contributed by atoms with Crippen molar-refractivity contribution < 1.29 is 46.3 Å². The van der Waals surface area contributed by atoms with Crippen LogP contribution >= 0.6 is 0 Å². The summed E-state index contributed by atoms with van der Waals surface area (Å²) in [6, 6.07) is 9.29. The molecule has 0 saturated heterocycles. The van der Waals surface area contributed by atoms with Crippen LogP contribution in [0.5, 0.6) is 0 Å². The fourth-order valence-corrected chi connectivity index (χ4v) is 8.49. The van der Waals surface area contributed by atoms with Gasteiger partial charge in [0.2, 0.25) is 0 Å². The zero-order valence-electron chi connectivity index (χ0n) is 34.4. The van der Waals surface area contributed by atoms with E-state index in [0.717, 1.165) is 35.9 Å². The second-order valence-electron chi connectivity index (χ2n) is 16.6. The number of benzene rings is 3. The Morgan fingerprint density at radius 3 is 2.42 bits per heavy atom. The van der Waals surface area contributed by atoms with Crippen molar-refractivity contribution in [1.29, 1.82) is 0 Å². The number of rotatable bonds is 14. The summed E-state index contributed by atoms with van der Waals surface area (Å²) in [7, 11) is 1.54. The average molecular weight is 880 g/mol. The Balaban J connectivity index is 0.818. The molecule has 19 heteroatoms. The lowest BCUT2D eigenvalue weighted by atomic mass is 9.92. The lowest BCUT2D eigenvalue weighted by molar-refractivity contribution is -0.137. The van der Waals surface area contributed by atoms with Crippen molar-refractivity contribution in [1.82, 2.24) is 35.5 Å². The molecule has 15 nitrogen and oxygen atoms in total. The minimum absolute atomic E-state index is 0.0124. The van der Waals surface area contributed by atoms with Crippen molar-refractivity contribution in [3.63, 3.8) is 0 Å². The van der Waals surface area contributed by atoms with Crippen LogP contribution in [0.1, 0.15) is 110 Å². The highest BCUT2D eigenvalue weighted by Crippen LogP contribution is 2.49. The summed E-state index contributed by atoms with van der Waals surface area (Å²) in [6.45, 7) is 0.589. The molecule has 0 bridgehead atoms. The second-order valence-corrected chi connectivity index (χ2v) is 16.6. The Bertz CT molecular complexity index is 2800. The molecule has 0 spiro atoms. The molecule has 330 valence electrons. The van der Waals surface area contributed by atoms with E-state index >= 15 is 4.39 Å². The van der Waals surface area contributed by atoms with Crippen LogP contribution in [0.2, 0.25) is 0 Å². The molecule has 3 fully saturated rings. The molecule has 4 amide bonds. The van der Waals surface area contributed by atoms with E-state index in [1.807, 2.05) is 0 Å². The van der Waals surface area contributed by atoms with Gasteiger partial charge in [-0.15, -0.1) is 5.10 Å². The van der Waals surface area contributed by atoms with E-state index in [1.165, 1.54) is 18.3 Å². The van der Waals surface area contributed by atoms with Gasteiger partial charge in [0.15, 0.2) is 5.78 Å². The zero-order chi connectivity index (χ0) is 45.1. The number of Topliss-reactive ketones (excluding diaryl/α,β-unsaturated/α-hetero) is 2. The Morgan fingerprint density at radius 2 is 1.72 bits per heavy atom. The summed E-state index contributed by atoms with van der Waals surface area (Å²) < 4.78 is 60.3. The second kappa shape index (κ2) is 16.3. The number of ketones is 2. The molecule has 5 aromatic rings. The fraction of sp³-hybridized carbons (Fsp3) is 0.356.